The minimum atomic E-state index is -4.23. The number of hydrogen-bond acceptors (Lipinski definition) is 1. The first kappa shape index (κ1) is 10.5. The van der Waals surface area contributed by atoms with Crippen molar-refractivity contribution in [2.75, 3.05) is 0 Å². The van der Waals surface area contributed by atoms with E-state index in [0.29, 0.717) is 6.42 Å². The van der Waals surface area contributed by atoms with Gasteiger partial charge in [0.05, 0.1) is 0 Å². The molecule has 0 aromatic carbocycles. The average molecular weight is 167 g/mol. The number of hydrogen-bond donors (Lipinski definition) is 1. The van der Waals surface area contributed by atoms with Crippen LogP contribution in [-0.2, 0) is 0 Å². The third kappa shape index (κ3) is 7.39. The van der Waals surface area contributed by atoms with Crippen LogP contribution < -0.4 is 5.73 Å². The average Bonchev–Trinajstić information content (AvgIpc) is 1.83. The first-order chi connectivity index (χ1) is 4.95. The second kappa shape index (κ2) is 4.38. The van der Waals surface area contributed by atoms with Crippen molar-refractivity contribution >= 4 is 0 Å². The van der Waals surface area contributed by atoms with E-state index >= 15 is 0 Å². The lowest BCUT2D eigenvalue weighted by Gasteiger charge is -2.03. The van der Waals surface area contributed by atoms with Crippen LogP contribution in [0.2, 0.25) is 0 Å². The molecule has 0 heterocycles. The van der Waals surface area contributed by atoms with Gasteiger partial charge in [0.25, 0.3) is 0 Å². The van der Waals surface area contributed by atoms with Crippen LogP contribution in [0.4, 0.5) is 13.2 Å². The van der Waals surface area contributed by atoms with E-state index in [2.05, 4.69) is 0 Å². The van der Waals surface area contributed by atoms with Gasteiger partial charge in [-0.1, -0.05) is 19.4 Å². The molecule has 0 aromatic heterocycles. The van der Waals surface area contributed by atoms with Crippen molar-refractivity contribution in [3.63, 3.8) is 0 Å². The lowest BCUT2D eigenvalue weighted by Crippen LogP contribution is -2.17. The molecule has 0 bridgehead atoms. The van der Waals surface area contributed by atoms with Crippen LogP contribution in [-0.4, -0.2) is 12.2 Å². The second-order valence-corrected chi connectivity index (χ2v) is 2.35. The van der Waals surface area contributed by atoms with Crippen LogP contribution in [0.5, 0.6) is 0 Å². The molecule has 0 saturated heterocycles. The zero-order valence-corrected chi connectivity index (χ0v) is 6.36. The smallest absolute Gasteiger partial charge is 0.324 e. The SMILES string of the molecule is CCCC(N)C=CC(F)(F)F. The first-order valence-corrected chi connectivity index (χ1v) is 3.47. The highest BCUT2D eigenvalue weighted by Gasteiger charge is 2.21. The van der Waals surface area contributed by atoms with Gasteiger partial charge in [-0.05, 0) is 6.42 Å². The lowest BCUT2D eigenvalue weighted by molar-refractivity contribution is -0.0801. The summed E-state index contributed by atoms with van der Waals surface area (Å²) in [5, 5.41) is 0. The highest BCUT2D eigenvalue weighted by Crippen LogP contribution is 2.16. The summed E-state index contributed by atoms with van der Waals surface area (Å²) in [6.07, 6.45) is -1.67. The summed E-state index contributed by atoms with van der Waals surface area (Å²) in [6, 6.07) is -0.471. The molecule has 0 rings (SSSR count). The zero-order chi connectivity index (χ0) is 8.91. The normalized spacial score (nSPS) is 15.7. The Hall–Kier alpha value is -0.510. The molecule has 0 radical (unpaired) electrons. The lowest BCUT2D eigenvalue weighted by atomic mass is 10.2. The van der Waals surface area contributed by atoms with Gasteiger partial charge >= 0.3 is 6.18 Å². The van der Waals surface area contributed by atoms with Gasteiger partial charge in [-0.2, -0.15) is 13.2 Å². The maximum atomic E-state index is 11.5. The van der Waals surface area contributed by atoms with Crippen LogP contribution in [0.15, 0.2) is 12.2 Å². The summed E-state index contributed by atoms with van der Waals surface area (Å²) in [7, 11) is 0. The Labute approximate surface area is 64.1 Å². The highest BCUT2D eigenvalue weighted by molar-refractivity contribution is 4.95. The fourth-order valence-corrected chi connectivity index (χ4v) is 0.662. The van der Waals surface area contributed by atoms with Crippen molar-refractivity contribution in [3.8, 4) is 0 Å². The molecular weight excluding hydrogens is 155 g/mol. The summed E-state index contributed by atoms with van der Waals surface area (Å²) >= 11 is 0. The van der Waals surface area contributed by atoms with Crippen molar-refractivity contribution in [1.82, 2.24) is 0 Å². The van der Waals surface area contributed by atoms with E-state index in [4.69, 9.17) is 5.73 Å². The molecule has 0 aromatic rings. The quantitative estimate of drug-likeness (QED) is 0.641. The Morgan fingerprint density at radius 3 is 2.36 bits per heavy atom. The minimum absolute atomic E-state index is 0.188. The summed E-state index contributed by atoms with van der Waals surface area (Å²) in [5.74, 6) is 0. The van der Waals surface area contributed by atoms with Crippen molar-refractivity contribution in [2.45, 2.75) is 32.0 Å². The summed E-state index contributed by atoms with van der Waals surface area (Å²) < 4.78 is 34.5. The van der Waals surface area contributed by atoms with Gasteiger partial charge in [-0.3, -0.25) is 0 Å². The molecule has 1 unspecified atom stereocenters. The van der Waals surface area contributed by atoms with Crippen molar-refractivity contribution in [3.05, 3.63) is 12.2 Å². The number of rotatable bonds is 3. The second-order valence-electron chi connectivity index (χ2n) is 2.35. The van der Waals surface area contributed by atoms with Crippen LogP contribution in [0.1, 0.15) is 19.8 Å². The summed E-state index contributed by atoms with van der Waals surface area (Å²) in [6.45, 7) is 1.88. The molecule has 0 aliphatic carbocycles. The Kier molecular flexibility index (Phi) is 4.18. The molecule has 4 heteroatoms. The molecule has 2 N–H and O–H groups in total. The predicted octanol–water partition coefficient (Wildman–Crippen LogP) is 2.23. The summed E-state index contributed by atoms with van der Waals surface area (Å²) in [5.41, 5.74) is 5.30. The van der Waals surface area contributed by atoms with Gasteiger partial charge in [0, 0.05) is 12.1 Å². The number of halogens is 3. The van der Waals surface area contributed by atoms with Crippen LogP contribution >= 0.6 is 0 Å². The van der Waals surface area contributed by atoms with E-state index in [9.17, 15) is 13.2 Å². The highest BCUT2D eigenvalue weighted by atomic mass is 19.4. The molecule has 1 atom stereocenters. The Morgan fingerprint density at radius 1 is 1.45 bits per heavy atom. The molecule has 0 spiro atoms. The third-order valence-electron chi connectivity index (χ3n) is 1.15. The molecule has 11 heavy (non-hydrogen) atoms. The van der Waals surface area contributed by atoms with Crippen LogP contribution in [0, 0.1) is 0 Å². The minimum Gasteiger partial charge on any atom is -0.324 e. The predicted molar refractivity (Wildman–Crippen MR) is 38.1 cm³/mol. The number of nitrogens with two attached hydrogens (primary N) is 1. The molecule has 0 fully saturated rings. The maximum Gasteiger partial charge on any atom is 0.409 e. The van der Waals surface area contributed by atoms with Gasteiger partial charge in [0.2, 0.25) is 0 Å². The molecule has 0 aliphatic rings. The Balaban J connectivity index is 3.73. The van der Waals surface area contributed by atoms with Crippen molar-refractivity contribution in [1.29, 1.82) is 0 Å². The van der Waals surface area contributed by atoms with E-state index < -0.39 is 12.2 Å². The Bertz CT molecular complexity index is 128. The van der Waals surface area contributed by atoms with Gasteiger partial charge in [-0.15, -0.1) is 0 Å². The maximum absolute atomic E-state index is 11.5. The molecule has 1 nitrogen and oxygen atoms in total. The fourth-order valence-electron chi connectivity index (χ4n) is 0.662. The molecule has 0 saturated carbocycles. The number of alkyl halides is 3. The van der Waals surface area contributed by atoms with E-state index in [1.54, 1.807) is 0 Å². The molecular formula is C7H12F3N. The van der Waals surface area contributed by atoms with E-state index in [1.807, 2.05) is 6.92 Å². The van der Waals surface area contributed by atoms with E-state index in [0.717, 1.165) is 12.5 Å². The zero-order valence-electron chi connectivity index (χ0n) is 6.36. The first-order valence-electron chi connectivity index (χ1n) is 3.47. The number of allylic oxidation sites excluding steroid dienone is 1. The molecule has 0 aliphatic heterocycles. The van der Waals surface area contributed by atoms with Gasteiger partial charge < -0.3 is 5.73 Å². The molecule has 0 amide bonds. The largest absolute Gasteiger partial charge is 0.409 e. The van der Waals surface area contributed by atoms with E-state index in [-0.39, 0.29) is 6.08 Å². The van der Waals surface area contributed by atoms with Gasteiger partial charge in [0.1, 0.15) is 0 Å². The summed E-state index contributed by atoms with van der Waals surface area (Å²) in [4.78, 5) is 0. The van der Waals surface area contributed by atoms with E-state index in [1.165, 1.54) is 0 Å². The van der Waals surface area contributed by atoms with Gasteiger partial charge in [-0.25, -0.2) is 0 Å². The Morgan fingerprint density at radius 2 is 2.00 bits per heavy atom. The standard InChI is InChI=1S/C7H12F3N/c1-2-3-6(11)4-5-7(8,9)10/h4-6H,2-3,11H2,1H3. The fraction of sp³-hybridized carbons (Fsp3) is 0.714. The van der Waals surface area contributed by atoms with Gasteiger partial charge in [0.15, 0.2) is 0 Å². The third-order valence-corrected chi connectivity index (χ3v) is 1.15. The van der Waals surface area contributed by atoms with Crippen LogP contribution in [0.25, 0.3) is 0 Å². The monoisotopic (exact) mass is 167 g/mol. The molecule has 66 valence electrons. The van der Waals surface area contributed by atoms with Crippen molar-refractivity contribution < 1.29 is 13.2 Å². The van der Waals surface area contributed by atoms with Crippen molar-refractivity contribution in [2.24, 2.45) is 5.73 Å². The topological polar surface area (TPSA) is 26.0 Å². The van der Waals surface area contributed by atoms with Crippen LogP contribution in [0.3, 0.4) is 0 Å².